The van der Waals surface area contributed by atoms with Crippen molar-refractivity contribution in [2.45, 2.75) is 208 Å². The molecule has 0 aromatic heterocycles. The third-order valence-corrected chi connectivity index (χ3v) is 10.5. The van der Waals surface area contributed by atoms with E-state index >= 15 is 0 Å². The van der Waals surface area contributed by atoms with Crippen LogP contribution >= 0.6 is 0 Å². The van der Waals surface area contributed by atoms with E-state index in [1.807, 2.05) is 0 Å². The van der Waals surface area contributed by atoms with E-state index in [4.69, 9.17) is 18.9 Å². The van der Waals surface area contributed by atoms with Crippen LogP contribution in [0.25, 0.3) is 0 Å². The highest BCUT2D eigenvalue weighted by Crippen LogP contribution is 2.27. The lowest BCUT2D eigenvalue weighted by Gasteiger charge is -2.33. The Kier molecular flexibility index (Phi) is 25.8. The molecule has 1 fully saturated rings. The lowest BCUT2D eigenvalue weighted by Crippen LogP contribution is -2.61. The smallest absolute Gasteiger partial charge is 0.325 e. The number of hydrogen-bond donors (Lipinski definition) is 6. The Hall–Kier alpha value is -5.93. The molecule has 0 radical (unpaired) electrons. The van der Waals surface area contributed by atoms with E-state index in [1.54, 1.807) is 96.9 Å². The van der Waals surface area contributed by atoms with E-state index in [2.05, 4.69) is 38.5 Å². The highest BCUT2D eigenvalue weighted by atomic mass is 16.6. The average Bonchev–Trinajstić information content (AvgIpc) is 3.65. The molecule has 5 unspecified atom stereocenters. The first-order chi connectivity index (χ1) is 33.1. The third-order valence-electron chi connectivity index (χ3n) is 10.5. The molecule has 0 aromatic carbocycles. The molecule has 72 heavy (non-hydrogen) atoms. The second-order valence-electron chi connectivity index (χ2n) is 21.5. The van der Waals surface area contributed by atoms with Crippen molar-refractivity contribution in [3.63, 3.8) is 0 Å². The molecule has 0 aromatic rings. The molecular weight excluding hydrogens is 939 g/mol. The number of carbonyl (C=O) groups excluding carboxylic acids is 11. The van der Waals surface area contributed by atoms with Gasteiger partial charge in [0.25, 0.3) is 5.91 Å². The van der Waals surface area contributed by atoms with E-state index < -0.39 is 143 Å². The van der Waals surface area contributed by atoms with E-state index in [-0.39, 0.29) is 51.7 Å². The largest absolute Gasteiger partial charge is 0.460 e. The molecule has 0 aliphatic carbocycles. The summed E-state index contributed by atoms with van der Waals surface area (Å²) in [6, 6.07) is -7.96. The molecule has 0 bridgehead atoms. The standard InChI is InChI=1S/C50H83N7O15/c1-17-19-32(41(62)46(67)51-26-38(61)69-24-18-2)53-44(65)35-25-31(70-48(8,9)10)27-57(35)47(68)40(29(5)6)56-45(66)39(28(3)4)55-43(64)34(21-23-37(60)72-50(14,15)16)54-42(63)33(52-30(7)58)20-22-36(59)71-49(11,12)13/h18,28-29,31-35,39-40H,2,17,19-27H2,1,3-16H3,(H,51,67)(H,52,58)(H,53,65)(H,54,63)(H,55,64)(H,56,66)/t31-,32?,33?,34?,35+,39?,40?/m1/s1. The van der Waals surface area contributed by atoms with Gasteiger partial charge in [0.15, 0.2) is 0 Å². The molecule has 22 nitrogen and oxygen atoms in total. The van der Waals surface area contributed by atoms with E-state index in [9.17, 15) is 52.7 Å². The number of carbonyl (C=O) groups is 11. The normalized spacial score (nSPS) is 17.0. The van der Waals surface area contributed by atoms with Gasteiger partial charge in [0.2, 0.25) is 41.2 Å². The van der Waals surface area contributed by atoms with Gasteiger partial charge in [-0.05, 0) is 93.4 Å². The zero-order chi connectivity index (χ0) is 55.5. The van der Waals surface area contributed by atoms with E-state index in [1.165, 1.54) is 17.9 Å². The number of ether oxygens (including phenoxy) is 4. The Morgan fingerprint density at radius 1 is 0.639 bits per heavy atom. The van der Waals surface area contributed by atoms with Gasteiger partial charge in [0.05, 0.1) is 17.7 Å². The predicted octanol–water partition coefficient (Wildman–Crippen LogP) is 1.99. The molecule has 0 spiro atoms. The number of nitrogens with zero attached hydrogens (tertiary/aromatic N) is 1. The van der Waals surface area contributed by atoms with Gasteiger partial charge in [0, 0.05) is 32.7 Å². The zero-order valence-corrected chi connectivity index (χ0v) is 45.1. The van der Waals surface area contributed by atoms with Crippen LogP contribution in [0.3, 0.4) is 0 Å². The van der Waals surface area contributed by atoms with Crippen molar-refractivity contribution in [1.82, 2.24) is 36.8 Å². The van der Waals surface area contributed by atoms with Crippen molar-refractivity contribution in [2.75, 3.05) is 19.7 Å². The Morgan fingerprint density at radius 2 is 1.14 bits per heavy atom. The number of hydrogen-bond acceptors (Lipinski definition) is 15. The Balaban J connectivity index is 3.53. The number of ketones is 1. The van der Waals surface area contributed by atoms with Crippen LogP contribution in [-0.2, 0) is 71.7 Å². The molecule has 7 amide bonds. The van der Waals surface area contributed by atoms with Crippen LogP contribution in [0.15, 0.2) is 12.7 Å². The summed E-state index contributed by atoms with van der Waals surface area (Å²) in [5.74, 6) is -10.1. The van der Waals surface area contributed by atoms with Gasteiger partial charge in [-0.15, -0.1) is 0 Å². The second-order valence-corrected chi connectivity index (χ2v) is 21.5. The molecule has 1 rings (SSSR count). The molecule has 1 aliphatic heterocycles. The number of nitrogens with one attached hydrogen (secondary N) is 6. The summed E-state index contributed by atoms with van der Waals surface area (Å²) in [5.41, 5.74) is -2.40. The van der Waals surface area contributed by atoms with Gasteiger partial charge >= 0.3 is 17.9 Å². The number of Topliss-reactive ketones (excluding diaryl/α,β-unsaturated/α-hetero) is 1. The molecule has 1 aliphatic rings. The molecule has 1 heterocycles. The van der Waals surface area contributed by atoms with Crippen molar-refractivity contribution in [2.24, 2.45) is 11.8 Å². The van der Waals surface area contributed by atoms with Crippen LogP contribution in [0.1, 0.15) is 149 Å². The van der Waals surface area contributed by atoms with E-state index in [0.29, 0.717) is 6.42 Å². The van der Waals surface area contributed by atoms with Crippen molar-refractivity contribution in [3.8, 4) is 0 Å². The third kappa shape index (κ3) is 24.0. The summed E-state index contributed by atoms with van der Waals surface area (Å²) in [7, 11) is 0. The average molecular weight is 1020 g/mol. The first-order valence-electron chi connectivity index (χ1n) is 24.6. The maximum Gasteiger partial charge on any atom is 0.325 e. The summed E-state index contributed by atoms with van der Waals surface area (Å²) in [6.07, 6.45) is -0.0467. The van der Waals surface area contributed by atoms with Gasteiger partial charge in [-0.3, -0.25) is 52.7 Å². The lowest BCUT2D eigenvalue weighted by atomic mass is 9.98. The maximum atomic E-state index is 14.7. The van der Waals surface area contributed by atoms with Crippen LogP contribution in [0, 0.1) is 11.8 Å². The molecule has 0 saturated carbocycles. The minimum Gasteiger partial charge on any atom is -0.460 e. The number of amides is 7. The number of rotatable bonds is 27. The van der Waals surface area contributed by atoms with Gasteiger partial charge in [-0.25, -0.2) is 0 Å². The SMILES string of the molecule is C=CCOC(=O)CNC(=O)C(=O)C(CCC)NC(=O)[C@@H]1C[C@@H](OC(C)(C)C)CN1C(=O)C(NC(=O)C(NC(=O)C(CCC(=O)OC(C)(C)C)NC(=O)C(CCC(=O)OC(C)(C)C)NC(C)=O)C(C)C)C(C)C. The van der Waals surface area contributed by atoms with Crippen LogP contribution in [0.2, 0.25) is 0 Å². The first kappa shape index (κ1) is 64.1. The van der Waals surface area contributed by atoms with Crippen LogP contribution < -0.4 is 31.9 Å². The van der Waals surface area contributed by atoms with Gasteiger partial charge in [-0.1, -0.05) is 53.7 Å². The Labute approximate surface area is 424 Å². The molecule has 7 atom stereocenters. The van der Waals surface area contributed by atoms with Gasteiger partial charge in [-0.2, -0.15) is 0 Å². The van der Waals surface area contributed by atoms with Crippen molar-refractivity contribution in [1.29, 1.82) is 0 Å². The van der Waals surface area contributed by atoms with Gasteiger partial charge in [0.1, 0.15) is 54.6 Å². The molecule has 22 heteroatoms. The highest BCUT2D eigenvalue weighted by Gasteiger charge is 2.46. The summed E-state index contributed by atoms with van der Waals surface area (Å²) >= 11 is 0. The summed E-state index contributed by atoms with van der Waals surface area (Å²) < 4.78 is 21.8. The van der Waals surface area contributed by atoms with Crippen LogP contribution in [0.5, 0.6) is 0 Å². The highest BCUT2D eigenvalue weighted by molar-refractivity contribution is 6.38. The topological polar surface area (TPSA) is 300 Å². The van der Waals surface area contributed by atoms with Crippen molar-refractivity contribution < 1.29 is 71.7 Å². The van der Waals surface area contributed by atoms with Gasteiger partial charge < -0.3 is 55.7 Å². The fourth-order valence-corrected chi connectivity index (χ4v) is 7.39. The van der Waals surface area contributed by atoms with Crippen molar-refractivity contribution in [3.05, 3.63) is 12.7 Å². The number of esters is 3. The Bertz CT molecular complexity index is 1950. The minimum absolute atomic E-state index is 0.00708. The van der Waals surface area contributed by atoms with Crippen LogP contribution in [-0.4, -0.2) is 149 Å². The fraction of sp³-hybridized carbons (Fsp3) is 0.740. The Morgan fingerprint density at radius 3 is 1.60 bits per heavy atom. The molecule has 6 N–H and O–H groups in total. The fourth-order valence-electron chi connectivity index (χ4n) is 7.39. The lowest BCUT2D eigenvalue weighted by molar-refractivity contribution is -0.156. The maximum absolute atomic E-state index is 14.7. The van der Waals surface area contributed by atoms with E-state index in [0.717, 1.165) is 0 Å². The monoisotopic (exact) mass is 1020 g/mol. The zero-order valence-electron chi connectivity index (χ0n) is 45.1. The quantitative estimate of drug-likeness (QED) is 0.0297. The van der Waals surface area contributed by atoms with Crippen molar-refractivity contribution >= 4 is 65.0 Å². The predicted molar refractivity (Wildman–Crippen MR) is 264 cm³/mol. The molecule has 1 saturated heterocycles. The minimum atomic E-state index is -1.48. The summed E-state index contributed by atoms with van der Waals surface area (Å²) in [4.78, 5) is 148. The number of likely N-dealkylation sites (tertiary alicyclic amines) is 1. The first-order valence-corrected chi connectivity index (χ1v) is 24.6. The second kappa shape index (κ2) is 28.9. The summed E-state index contributed by atoms with van der Waals surface area (Å²) in [5, 5.41) is 15.3. The summed E-state index contributed by atoms with van der Waals surface area (Å²) in [6.45, 7) is 27.5. The molecule has 408 valence electrons. The van der Waals surface area contributed by atoms with Crippen LogP contribution in [0.4, 0.5) is 0 Å². The molecular formula is C50H83N7O15.